The van der Waals surface area contributed by atoms with Crippen molar-refractivity contribution >= 4 is 8.80 Å². The van der Waals surface area contributed by atoms with E-state index in [1.165, 1.54) is 12.8 Å². The molecule has 0 aromatic rings. The van der Waals surface area contributed by atoms with Crippen LogP contribution in [0.5, 0.6) is 0 Å². The Hall–Kier alpha value is 0.137. The van der Waals surface area contributed by atoms with E-state index in [1.807, 2.05) is 0 Å². The van der Waals surface area contributed by atoms with Gasteiger partial charge in [0.05, 0.1) is 0 Å². The van der Waals surface area contributed by atoms with Gasteiger partial charge in [0.25, 0.3) is 0 Å². The van der Waals surface area contributed by atoms with Crippen molar-refractivity contribution in [2.45, 2.75) is 90.6 Å². The summed E-state index contributed by atoms with van der Waals surface area (Å²) < 4.78 is 12.2. The fraction of sp³-hybridized carbons (Fsp3) is 1.00. The highest BCUT2D eigenvalue weighted by Gasteiger charge is 2.37. The van der Waals surface area contributed by atoms with Crippen LogP contribution in [0.3, 0.4) is 0 Å². The lowest BCUT2D eigenvalue weighted by Gasteiger charge is -2.38. The molecule has 0 saturated carbocycles. The van der Waals surface area contributed by atoms with Crippen LogP contribution >= 0.6 is 0 Å². The minimum Gasteiger partial charge on any atom is -0.357 e. The van der Waals surface area contributed by atoms with Crippen molar-refractivity contribution in [1.29, 1.82) is 0 Å². The molecule has 0 aliphatic rings. The molecule has 0 radical (unpaired) electrons. The van der Waals surface area contributed by atoms with Crippen molar-refractivity contribution in [3.8, 4) is 0 Å². The summed E-state index contributed by atoms with van der Waals surface area (Å²) in [6.45, 7) is 17.8. The van der Waals surface area contributed by atoms with Gasteiger partial charge in [-0.25, -0.2) is 0 Å². The van der Waals surface area contributed by atoms with Gasteiger partial charge >= 0.3 is 0 Å². The molecule has 0 rings (SSSR count). The highest BCUT2D eigenvalue weighted by atomic mass is 28.3. The molecule has 0 amide bonds. The molecule has 0 spiro atoms. The second-order valence-electron chi connectivity index (χ2n) is 6.95. The zero-order chi connectivity index (χ0) is 14.9. The Morgan fingerprint density at radius 3 is 1.58 bits per heavy atom. The van der Waals surface area contributed by atoms with Gasteiger partial charge in [0, 0.05) is 13.2 Å². The SMILES string of the molecule is CCCCOC(OCCCC)[SiH](C(C)C)C(C)(C)C. The van der Waals surface area contributed by atoms with Crippen molar-refractivity contribution in [1.82, 2.24) is 0 Å². The molecule has 0 saturated heterocycles. The topological polar surface area (TPSA) is 18.5 Å². The molecule has 0 aromatic heterocycles. The van der Waals surface area contributed by atoms with Crippen LogP contribution < -0.4 is 0 Å². The zero-order valence-electron chi connectivity index (χ0n) is 14.3. The summed E-state index contributed by atoms with van der Waals surface area (Å²) in [7, 11) is -1.14. The molecule has 0 bridgehead atoms. The molecule has 0 heterocycles. The Morgan fingerprint density at radius 1 is 0.895 bits per heavy atom. The molecule has 0 aliphatic carbocycles. The third kappa shape index (κ3) is 8.11. The summed E-state index contributed by atoms with van der Waals surface area (Å²) in [5.74, 6) is 0.0816. The Labute approximate surface area is 122 Å². The van der Waals surface area contributed by atoms with Crippen molar-refractivity contribution in [3.63, 3.8) is 0 Å². The van der Waals surface area contributed by atoms with E-state index in [0.717, 1.165) is 26.1 Å². The molecule has 19 heavy (non-hydrogen) atoms. The van der Waals surface area contributed by atoms with Gasteiger partial charge in [-0.2, -0.15) is 0 Å². The summed E-state index contributed by atoms with van der Waals surface area (Å²) in [5, 5.41) is 0.345. The van der Waals surface area contributed by atoms with Crippen LogP contribution in [0.25, 0.3) is 0 Å². The van der Waals surface area contributed by atoms with E-state index >= 15 is 0 Å². The van der Waals surface area contributed by atoms with Gasteiger partial charge < -0.3 is 9.47 Å². The van der Waals surface area contributed by atoms with E-state index in [9.17, 15) is 0 Å². The smallest absolute Gasteiger partial charge is 0.139 e. The van der Waals surface area contributed by atoms with Crippen LogP contribution in [0.1, 0.15) is 74.1 Å². The summed E-state index contributed by atoms with van der Waals surface area (Å²) in [5.41, 5.74) is 0.702. The average molecular weight is 289 g/mol. The molecule has 2 nitrogen and oxygen atoms in total. The minimum absolute atomic E-state index is 0.0816. The van der Waals surface area contributed by atoms with Crippen molar-refractivity contribution in [2.24, 2.45) is 0 Å². The monoisotopic (exact) mass is 288 g/mol. The molecule has 0 fully saturated rings. The molecule has 116 valence electrons. The number of hydrogen-bond donors (Lipinski definition) is 0. The van der Waals surface area contributed by atoms with Gasteiger partial charge in [0.1, 0.15) is 14.7 Å². The third-order valence-electron chi connectivity index (χ3n) is 3.57. The van der Waals surface area contributed by atoms with Crippen molar-refractivity contribution in [3.05, 3.63) is 0 Å². The van der Waals surface area contributed by atoms with Gasteiger partial charge in [-0.3, -0.25) is 0 Å². The maximum Gasteiger partial charge on any atom is 0.139 e. The van der Waals surface area contributed by atoms with Crippen LogP contribution in [0.4, 0.5) is 0 Å². The first-order valence-electron chi connectivity index (χ1n) is 8.07. The third-order valence-corrected chi connectivity index (χ3v) is 7.98. The predicted octanol–water partition coefficient (Wildman–Crippen LogP) is 4.92. The molecular weight excluding hydrogens is 252 g/mol. The van der Waals surface area contributed by atoms with E-state index in [-0.39, 0.29) is 5.91 Å². The predicted molar refractivity (Wildman–Crippen MR) is 87.5 cm³/mol. The normalized spacial score (nSPS) is 14.4. The first-order chi connectivity index (χ1) is 8.84. The summed E-state index contributed by atoms with van der Waals surface area (Å²) in [6.07, 6.45) is 4.64. The van der Waals surface area contributed by atoms with Gasteiger partial charge in [-0.15, -0.1) is 0 Å². The van der Waals surface area contributed by atoms with Crippen LogP contribution in [0, 0.1) is 0 Å². The van der Waals surface area contributed by atoms with Crippen LogP contribution in [0.2, 0.25) is 10.6 Å². The molecular formula is C16H36O2Si. The highest BCUT2D eigenvalue weighted by Crippen LogP contribution is 2.36. The Balaban J connectivity index is 4.63. The molecule has 3 heteroatoms. The minimum atomic E-state index is -1.14. The first-order valence-corrected chi connectivity index (χ1v) is 9.98. The number of unbranched alkanes of at least 4 members (excludes halogenated alkanes) is 2. The largest absolute Gasteiger partial charge is 0.357 e. The van der Waals surface area contributed by atoms with Gasteiger partial charge in [0.15, 0.2) is 0 Å². The lowest BCUT2D eigenvalue weighted by molar-refractivity contribution is -0.0970. The van der Waals surface area contributed by atoms with E-state index in [0.29, 0.717) is 10.6 Å². The average Bonchev–Trinajstić information content (AvgIpc) is 2.26. The van der Waals surface area contributed by atoms with E-state index in [2.05, 4.69) is 48.5 Å². The Bertz CT molecular complexity index is 201. The standard InChI is InChI=1S/C16H36O2Si/c1-8-10-12-17-15(18-13-11-9-2)19(14(3)4)16(5,6)7/h14-15,19H,8-13H2,1-7H3. The molecule has 1 atom stereocenters. The summed E-state index contributed by atoms with van der Waals surface area (Å²) >= 11 is 0. The first kappa shape index (κ1) is 19.1. The number of rotatable bonds is 10. The summed E-state index contributed by atoms with van der Waals surface area (Å²) in [6, 6.07) is 0. The van der Waals surface area contributed by atoms with Crippen molar-refractivity contribution < 1.29 is 9.47 Å². The fourth-order valence-corrected chi connectivity index (χ4v) is 6.80. The molecule has 0 N–H and O–H groups in total. The Kier molecular flexibility index (Phi) is 10.0. The van der Waals surface area contributed by atoms with Gasteiger partial charge in [0.2, 0.25) is 0 Å². The van der Waals surface area contributed by atoms with E-state index < -0.39 is 8.80 Å². The second kappa shape index (κ2) is 9.95. The Morgan fingerprint density at radius 2 is 1.32 bits per heavy atom. The maximum absolute atomic E-state index is 6.12. The van der Waals surface area contributed by atoms with Gasteiger partial charge in [-0.05, 0) is 23.4 Å². The fourth-order valence-electron chi connectivity index (χ4n) is 2.67. The summed E-state index contributed by atoms with van der Waals surface area (Å²) in [4.78, 5) is 0. The lowest BCUT2D eigenvalue weighted by Crippen LogP contribution is -2.45. The maximum atomic E-state index is 6.12. The number of ether oxygens (including phenoxy) is 2. The quantitative estimate of drug-likeness (QED) is 0.323. The number of hydrogen-bond acceptors (Lipinski definition) is 2. The zero-order valence-corrected chi connectivity index (χ0v) is 15.4. The molecule has 0 aliphatic heterocycles. The van der Waals surface area contributed by atoms with E-state index in [4.69, 9.17) is 9.47 Å². The van der Waals surface area contributed by atoms with Crippen LogP contribution in [-0.4, -0.2) is 27.9 Å². The van der Waals surface area contributed by atoms with Crippen LogP contribution in [0.15, 0.2) is 0 Å². The van der Waals surface area contributed by atoms with E-state index in [1.54, 1.807) is 0 Å². The van der Waals surface area contributed by atoms with Crippen molar-refractivity contribution in [2.75, 3.05) is 13.2 Å². The second-order valence-corrected chi connectivity index (χ2v) is 11.6. The molecule has 0 aromatic carbocycles. The lowest BCUT2D eigenvalue weighted by atomic mass is 10.2. The molecule has 1 unspecified atom stereocenters. The van der Waals surface area contributed by atoms with Gasteiger partial charge in [-0.1, -0.05) is 61.3 Å². The highest BCUT2D eigenvalue weighted by molar-refractivity contribution is 6.64. The van der Waals surface area contributed by atoms with Crippen LogP contribution in [-0.2, 0) is 9.47 Å².